The molecule has 144 valence electrons. The summed E-state index contributed by atoms with van der Waals surface area (Å²) >= 11 is 0. The molecular formula is C25H38O. The highest BCUT2D eigenvalue weighted by molar-refractivity contribution is 5.25. The van der Waals surface area contributed by atoms with Gasteiger partial charge in [0.05, 0.1) is 6.61 Å². The van der Waals surface area contributed by atoms with Gasteiger partial charge in [0.1, 0.15) is 0 Å². The van der Waals surface area contributed by atoms with Crippen molar-refractivity contribution in [2.24, 2.45) is 17.8 Å². The molecule has 3 rings (SSSR count). The van der Waals surface area contributed by atoms with Crippen molar-refractivity contribution in [2.75, 3.05) is 7.11 Å². The molecule has 1 nitrogen and oxygen atoms in total. The Morgan fingerprint density at radius 2 is 1.50 bits per heavy atom. The predicted molar refractivity (Wildman–Crippen MR) is 111 cm³/mol. The van der Waals surface area contributed by atoms with Gasteiger partial charge in [-0.3, -0.25) is 0 Å². The van der Waals surface area contributed by atoms with E-state index in [1.54, 1.807) is 12.7 Å². The number of methoxy groups -OCH3 is 1. The average molecular weight is 355 g/mol. The summed E-state index contributed by atoms with van der Waals surface area (Å²) in [6, 6.07) is 9.18. The lowest BCUT2D eigenvalue weighted by molar-refractivity contribution is 0.171. The summed E-state index contributed by atoms with van der Waals surface area (Å²) in [6.45, 7) is 2.99. The Hall–Kier alpha value is -1.08. The first-order valence-electron chi connectivity index (χ1n) is 11.0. The van der Waals surface area contributed by atoms with E-state index < -0.39 is 0 Å². The summed E-state index contributed by atoms with van der Waals surface area (Å²) in [6.07, 6.45) is 19.0. The number of unbranched alkanes of at least 4 members (excludes halogenated alkanes) is 1. The number of allylic oxidation sites excluding steroid dienone is 2. The fourth-order valence-electron chi connectivity index (χ4n) is 5.24. The van der Waals surface area contributed by atoms with E-state index in [-0.39, 0.29) is 0 Å². The molecule has 0 unspecified atom stereocenters. The maximum absolute atomic E-state index is 5.23. The van der Waals surface area contributed by atoms with Crippen LogP contribution in [0, 0.1) is 17.8 Å². The Morgan fingerprint density at radius 3 is 2.08 bits per heavy atom. The molecule has 0 aromatic heterocycles. The summed E-state index contributed by atoms with van der Waals surface area (Å²) in [5, 5.41) is 0. The number of hydrogen-bond acceptors (Lipinski definition) is 1. The largest absolute Gasteiger partial charge is 0.380 e. The van der Waals surface area contributed by atoms with E-state index in [9.17, 15) is 0 Å². The van der Waals surface area contributed by atoms with Crippen molar-refractivity contribution in [1.82, 2.24) is 0 Å². The summed E-state index contributed by atoms with van der Waals surface area (Å²) < 4.78 is 5.23. The molecular weight excluding hydrogens is 316 g/mol. The van der Waals surface area contributed by atoms with Crippen LogP contribution in [0.25, 0.3) is 0 Å². The zero-order valence-electron chi connectivity index (χ0n) is 17.0. The normalized spacial score (nSPS) is 29.9. The van der Waals surface area contributed by atoms with Crippen LogP contribution in [0.4, 0.5) is 0 Å². The quantitative estimate of drug-likeness (QED) is 0.468. The Kier molecular flexibility index (Phi) is 7.80. The topological polar surface area (TPSA) is 9.23 Å². The summed E-state index contributed by atoms with van der Waals surface area (Å²) in [5.41, 5.74) is 2.84. The Balaban J connectivity index is 1.42. The van der Waals surface area contributed by atoms with Gasteiger partial charge in [-0.2, -0.15) is 0 Å². The molecule has 0 radical (unpaired) electrons. The van der Waals surface area contributed by atoms with Gasteiger partial charge in [0.2, 0.25) is 0 Å². The van der Waals surface area contributed by atoms with Crippen LogP contribution in [0.2, 0.25) is 0 Å². The number of benzene rings is 1. The summed E-state index contributed by atoms with van der Waals surface area (Å²) in [4.78, 5) is 0. The lowest BCUT2D eigenvalue weighted by Gasteiger charge is -2.37. The van der Waals surface area contributed by atoms with E-state index in [0.29, 0.717) is 0 Å². The van der Waals surface area contributed by atoms with Crippen LogP contribution in [0.1, 0.15) is 88.2 Å². The lowest BCUT2D eigenvalue weighted by Crippen LogP contribution is -2.25. The van der Waals surface area contributed by atoms with E-state index in [1.165, 1.54) is 69.8 Å². The molecule has 26 heavy (non-hydrogen) atoms. The molecule has 1 aromatic carbocycles. The number of hydrogen-bond donors (Lipinski definition) is 0. The van der Waals surface area contributed by atoms with E-state index in [0.717, 1.165) is 30.3 Å². The van der Waals surface area contributed by atoms with Crippen molar-refractivity contribution in [1.29, 1.82) is 0 Å². The van der Waals surface area contributed by atoms with Gasteiger partial charge in [-0.1, -0.05) is 49.8 Å². The van der Waals surface area contributed by atoms with Crippen LogP contribution in [0.3, 0.4) is 0 Å². The van der Waals surface area contributed by atoms with E-state index in [2.05, 4.69) is 43.3 Å². The Bertz CT molecular complexity index is 528. The van der Waals surface area contributed by atoms with Gasteiger partial charge in [0.15, 0.2) is 0 Å². The van der Waals surface area contributed by atoms with Crippen molar-refractivity contribution in [3.05, 3.63) is 47.5 Å². The van der Waals surface area contributed by atoms with Crippen LogP contribution in [-0.4, -0.2) is 7.11 Å². The van der Waals surface area contributed by atoms with E-state index in [4.69, 9.17) is 4.74 Å². The first-order valence-corrected chi connectivity index (χ1v) is 11.0. The molecule has 0 heterocycles. The van der Waals surface area contributed by atoms with Crippen LogP contribution in [0.15, 0.2) is 36.4 Å². The van der Waals surface area contributed by atoms with Crippen LogP contribution >= 0.6 is 0 Å². The smallest absolute Gasteiger partial charge is 0.0713 e. The zero-order valence-corrected chi connectivity index (χ0v) is 17.0. The third-order valence-electron chi connectivity index (χ3n) is 6.88. The highest BCUT2D eigenvalue weighted by atomic mass is 16.5. The highest BCUT2D eigenvalue weighted by Gasteiger charge is 2.30. The molecule has 0 bridgehead atoms. The first-order chi connectivity index (χ1) is 12.8. The molecule has 1 aromatic rings. The molecule has 0 aliphatic heterocycles. The molecule has 2 aliphatic carbocycles. The third kappa shape index (κ3) is 5.46. The van der Waals surface area contributed by atoms with Crippen molar-refractivity contribution < 1.29 is 4.74 Å². The number of rotatable bonds is 7. The van der Waals surface area contributed by atoms with Crippen LogP contribution in [0.5, 0.6) is 0 Å². The maximum Gasteiger partial charge on any atom is 0.0713 e. The zero-order chi connectivity index (χ0) is 18.2. The highest BCUT2D eigenvalue weighted by Crippen LogP contribution is 2.44. The minimum absolute atomic E-state index is 0.726. The lowest BCUT2D eigenvalue weighted by atomic mass is 9.68. The molecule has 0 spiro atoms. The minimum Gasteiger partial charge on any atom is -0.380 e. The first kappa shape index (κ1) is 19.7. The average Bonchev–Trinajstić information content (AvgIpc) is 2.70. The Labute approximate surface area is 161 Å². The maximum atomic E-state index is 5.23. The van der Waals surface area contributed by atoms with E-state index >= 15 is 0 Å². The van der Waals surface area contributed by atoms with Gasteiger partial charge in [0, 0.05) is 7.11 Å². The fourth-order valence-corrected chi connectivity index (χ4v) is 5.24. The van der Waals surface area contributed by atoms with Crippen molar-refractivity contribution in [2.45, 2.75) is 83.7 Å². The fraction of sp³-hybridized carbons (Fsp3) is 0.680. The molecule has 1 heteroatoms. The second-order valence-electron chi connectivity index (χ2n) is 8.68. The van der Waals surface area contributed by atoms with Crippen molar-refractivity contribution in [3.63, 3.8) is 0 Å². The molecule has 2 saturated carbocycles. The molecule has 2 fully saturated rings. The number of ether oxygens (including phenoxy) is 1. The minimum atomic E-state index is 0.726. The second kappa shape index (κ2) is 10.3. The van der Waals surface area contributed by atoms with Crippen LogP contribution in [-0.2, 0) is 11.3 Å². The summed E-state index contributed by atoms with van der Waals surface area (Å²) in [7, 11) is 1.77. The summed E-state index contributed by atoms with van der Waals surface area (Å²) in [5.74, 6) is 3.67. The van der Waals surface area contributed by atoms with Gasteiger partial charge in [-0.05, 0) is 92.6 Å². The van der Waals surface area contributed by atoms with Gasteiger partial charge in [-0.25, -0.2) is 0 Å². The standard InChI is InChI=1S/C25H38O/c1-3-4-5-6-20-7-11-22(12-8-20)24-15-17-25(18-16-24)23-13-9-21(10-14-23)19-26-2/h5-6,9-10,13-14,20,22,24-25H,3-4,7-8,11-12,15-19H2,1-2H3. The Morgan fingerprint density at radius 1 is 0.885 bits per heavy atom. The van der Waals surface area contributed by atoms with Gasteiger partial charge in [-0.15, -0.1) is 0 Å². The van der Waals surface area contributed by atoms with Crippen molar-refractivity contribution >= 4 is 0 Å². The van der Waals surface area contributed by atoms with Crippen LogP contribution < -0.4 is 0 Å². The van der Waals surface area contributed by atoms with Gasteiger partial charge >= 0.3 is 0 Å². The van der Waals surface area contributed by atoms with Gasteiger partial charge in [0.25, 0.3) is 0 Å². The predicted octanol–water partition coefficient (Wildman–Crippen LogP) is 7.27. The molecule has 0 saturated heterocycles. The monoisotopic (exact) mass is 354 g/mol. The van der Waals surface area contributed by atoms with Crippen molar-refractivity contribution in [3.8, 4) is 0 Å². The molecule has 0 atom stereocenters. The van der Waals surface area contributed by atoms with Gasteiger partial charge < -0.3 is 4.74 Å². The molecule has 2 aliphatic rings. The second-order valence-corrected chi connectivity index (χ2v) is 8.68. The van der Waals surface area contributed by atoms with E-state index in [1.807, 2.05) is 0 Å². The molecule has 0 N–H and O–H groups in total. The third-order valence-corrected chi connectivity index (χ3v) is 6.88. The SMILES string of the molecule is CCCC=CC1CCC(C2CCC(c3ccc(COC)cc3)CC2)CC1. The molecule has 0 amide bonds.